The van der Waals surface area contributed by atoms with Gasteiger partial charge in [-0.05, 0) is 49.2 Å². The molecule has 100 valence electrons. The van der Waals surface area contributed by atoms with E-state index in [9.17, 15) is 9.50 Å². The summed E-state index contributed by atoms with van der Waals surface area (Å²) >= 11 is 0. The van der Waals surface area contributed by atoms with Crippen molar-refractivity contribution in [2.75, 3.05) is 11.4 Å². The van der Waals surface area contributed by atoms with Gasteiger partial charge in [-0.15, -0.1) is 0 Å². The van der Waals surface area contributed by atoms with E-state index in [2.05, 4.69) is 0 Å². The predicted octanol–water partition coefficient (Wildman–Crippen LogP) is 3.78. The normalized spacial score (nSPS) is 10.5. The fraction of sp³-hybridized carbons (Fsp3) is 0.250. The molecule has 0 spiro atoms. The lowest BCUT2D eigenvalue weighted by Gasteiger charge is -2.24. The Balaban J connectivity index is 2.43. The van der Waals surface area contributed by atoms with E-state index in [-0.39, 0.29) is 12.4 Å². The van der Waals surface area contributed by atoms with Crippen molar-refractivity contribution in [2.45, 2.75) is 20.5 Å². The minimum Gasteiger partial charge on any atom is -0.392 e. The first kappa shape index (κ1) is 13.6. The van der Waals surface area contributed by atoms with Crippen molar-refractivity contribution in [2.24, 2.45) is 0 Å². The minimum atomic E-state index is -0.228. The molecule has 0 aliphatic rings. The van der Waals surface area contributed by atoms with Gasteiger partial charge in [-0.25, -0.2) is 4.39 Å². The van der Waals surface area contributed by atoms with E-state index in [1.54, 1.807) is 12.1 Å². The molecule has 0 saturated carbocycles. The van der Waals surface area contributed by atoms with E-state index in [1.165, 1.54) is 6.07 Å². The number of aliphatic hydroxyl groups excluding tert-OH is 1. The lowest BCUT2D eigenvalue weighted by molar-refractivity contribution is 0.281. The van der Waals surface area contributed by atoms with Crippen LogP contribution in [0.25, 0.3) is 0 Å². The lowest BCUT2D eigenvalue weighted by atomic mass is 10.1. The van der Waals surface area contributed by atoms with Gasteiger partial charge in [0.25, 0.3) is 0 Å². The van der Waals surface area contributed by atoms with Crippen LogP contribution in [0.4, 0.5) is 15.8 Å². The molecular weight excluding hydrogens is 241 g/mol. The number of hydrogen-bond acceptors (Lipinski definition) is 2. The molecule has 0 aliphatic carbocycles. The third-order valence-electron chi connectivity index (χ3n) is 3.27. The molecule has 0 aromatic heterocycles. The maximum Gasteiger partial charge on any atom is 0.146 e. The molecule has 0 radical (unpaired) electrons. The Kier molecular flexibility index (Phi) is 4.17. The fourth-order valence-electron chi connectivity index (χ4n) is 2.19. The first-order valence-electron chi connectivity index (χ1n) is 6.39. The number of benzene rings is 2. The van der Waals surface area contributed by atoms with E-state index in [1.807, 2.05) is 43.0 Å². The van der Waals surface area contributed by atoms with Crippen molar-refractivity contribution in [3.63, 3.8) is 0 Å². The molecule has 0 bridgehead atoms. The molecule has 0 heterocycles. The zero-order valence-electron chi connectivity index (χ0n) is 11.2. The van der Waals surface area contributed by atoms with Crippen LogP contribution in [0.5, 0.6) is 0 Å². The van der Waals surface area contributed by atoms with E-state index in [0.717, 1.165) is 16.8 Å². The second-order valence-corrected chi connectivity index (χ2v) is 4.46. The number of halogens is 1. The number of nitrogens with zero attached hydrogens (tertiary/aromatic N) is 1. The summed E-state index contributed by atoms with van der Waals surface area (Å²) in [6, 6.07) is 12.5. The molecule has 0 amide bonds. The molecule has 0 saturated heterocycles. The average molecular weight is 259 g/mol. The first-order valence-corrected chi connectivity index (χ1v) is 6.39. The molecule has 2 rings (SSSR count). The van der Waals surface area contributed by atoms with Gasteiger partial charge >= 0.3 is 0 Å². The van der Waals surface area contributed by atoms with Crippen molar-refractivity contribution < 1.29 is 9.50 Å². The number of aryl methyl sites for hydroxylation is 1. The number of hydrogen-bond donors (Lipinski definition) is 1. The Morgan fingerprint density at radius 1 is 1.16 bits per heavy atom. The highest BCUT2D eigenvalue weighted by molar-refractivity contribution is 5.64. The summed E-state index contributed by atoms with van der Waals surface area (Å²) in [5.41, 5.74) is 3.41. The van der Waals surface area contributed by atoms with Crippen molar-refractivity contribution in [3.05, 3.63) is 59.4 Å². The number of aliphatic hydroxyl groups is 1. The van der Waals surface area contributed by atoms with Crippen molar-refractivity contribution in [1.82, 2.24) is 0 Å². The SMILES string of the molecule is CCN(c1ccc(CO)c(C)c1)c1ccccc1F. The first-order chi connectivity index (χ1) is 9.17. The van der Waals surface area contributed by atoms with E-state index >= 15 is 0 Å². The van der Waals surface area contributed by atoms with Gasteiger partial charge in [-0.3, -0.25) is 0 Å². The summed E-state index contributed by atoms with van der Waals surface area (Å²) < 4.78 is 13.9. The molecule has 0 unspecified atom stereocenters. The average Bonchev–Trinajstić information content (AvgIpc) is 2.42. The van der Waals surface area contributed by atoms with Gasteiger partial charge in [0.1, 0.15) is 5.82 Å². The van der Waals surface area contributed by atoms with E-state index < -0.39 is 0 Å². The summed E-state index contributed by atoms with van der Waals surface area (Å²) in [7, 11) is 0. The quantitative estimate of drug-likeness (QED) is 0.903. The van der Waals surface area contributed by atoms with Crippen LogP contribution in [0.2, 0.25) is 0 Å². The molecule has 2 nitrogen and oxygen atoms in total. The smallest absolute Gasteiger partial charge is 0.146 e. The van der Waals surface area contributed by atoms with Gasteiger partial charge in [-0.1, -0.05) is 18.2 Å². The number of para-hydroxylation sites is 1. The Labute approximate surface area is 113 Å². The maximum absolute atomic E-state index is 13.9. The summed E-state index contributed by atoms with van der Waals surface area (Å²) in [6.45, 7) is 4.64. The van der Waals surface area contributed by atoms with Gasteiger partial charge in [0, 0.05) is 12.2 Å². The van der Waals surface area contributed by atoms with Gasteiger partial charge in [0.2, 0.25) is 0 Å². The second-order valence-electron chi connectivity index (χ2n) is 4.46. The third kappa shape index (κ3) is 2.76. The van der Waals surface area contributed by atoms with Crippen LogP contribution >= 0.6 is 0 Å². The highest BCUT2D eigenvalue weighted by Gasteiger charge is 2.12. The highest BCUT2D eigenvalue weighted by atomic mass is 19.1. The van der Waals surface area contributed by atoms with Crippen molar-refractivity contribution in [3.8, 4) is 0 Å². The Hall–Kier alpha value is -1.87. The highest BCUT2D eigenvalue weighted by Crippen LogP contribution is 2.28. The summed E-state index contributed by atoms with van der Waals surface area (Å²) in [6.07, 6.45) is 0. The Bertz CT molecular complexity index is 568. The van der Waals surface area contributed by atoms with Crippen LogP contribution in [0.15, 0.2) is 42.5 Å². The van der Waals surface area contributed by atoms with Gasteiger partial charge in [0.15, 0.2) is 0 Å². The summed E-state index contributed by atoms with van der Waals surface area (Å²) in [5.74, 6) is -0.228. The summed E-state index contributed by atoms with van der Waals surface area (Å²) in [5, 5.41) is 9.19. The molecule has 0 atom stereocenters. The van der Waals surface area contributed by atoms with Crippen LogP contribution < -0.4 is 4.90 Å². The van der Waals surface area contributed by atoms with Gasteiger partial charge < -0.3 is 10.0 Å². The Morgan fingerprint density at radius 2 is 1.89 bits per heavy atom. The molecule has 2 aromatic carbocycles. The van der Waals surface area contributed by atoms with E-state index in [0.29, 0.717) is 12.2 Å². The second kappa shape index (κ2) is 5.85. The number of rotatable bonds is 4. The topological polar surface area (TPSA) is 23.5 Å². The molecular formula is C16H18FNO. The fourth-order valence-corrected chi connectivity index (χ4v) is 2.19. The van der Waals surface area contributed by atoms with Crippen LogP contribution in [0.1, 0.15) is 18.1 Å². The molecule has 3 heteroatoms. The molecule has 0 fully saturated rings. The predicted molar refractivity (Wildman–Crippen MR) is 76.2 cm³/mol. The lowest BCUT2D eigenvalue weighted by Crippen LogP contribution is -2.17. The summed E-state index contributed by atoms with van der Waals surface area (Å²) in [4.78, 5) is 1.92. The van der Waals surface area contributed by atoms with Crippen molar-refractivity contribution in [1.29, 1.82) is 0 Å². The van der Waals surface area contributed by atoms with E-state index in [4.69, 9.17) is 0 Å². The Morgan fingerprint density at radius 3 is 2.47 bits per heavy atom. The number of anilines is 2. The van der Waals surface area contributed by atoms with Crippen LogP contribution in [-0.4, -0.2) is 11.7 Å². The zero-order chi connectivity index (χ0) is 13.8. The van der Waals surface area contributed by atoms with Crippen LogP contribution in [0, 0.1) is 12.7 Å². The monoisotopic (exact) mass is 259 g/mol. The maximum atomic E-state index is 13.9. The van der Waals surface area contributed by atoms with Crippen LogP contribution in [0.3, 0.4) is 0 Å². The van der Waals surface area contributed by atoms with Crippen molar-refractivity contribution >= 4 is 11.4 Å². The van der Waals surface area contributed by atoms with Crippen LogP contribution in [-0.2, 0) is 6.61 Å². The third-order valence-corrected chi connectivity index (χ3v) is 3.27. The molecule has 0 aliphatic heterocycles. The standard InChI is InChI=1S/C16H18FNO/c1-3-18(16-7-5-4-6-15(16)17)14-9-8-13(11-19)12(2)10-14/h4-10,19H,3,11H2,1-2H3. The molecule has 2 aromatic rings. The zero-order valence-corrected chi connectivity index (χ0v) is 11.2. The molecule has 1 N–H and O–H groups in total. The van der Waals surface area contributed by atoms with Gasteiger partial charge in [-0.2, -0.15) is 0 Å². The molecule has 19 heavy (non-hydrogen) atoms. The minimum absolute atomic E-state index is 0.0257. The largest absolute Gasteiger partial charge is 0.392 e. The van der Waals surface area contributed by atoms with Gasteiger partial charge in [0.05, 0.1) is 12.3 Å².